The molecule has 0 aromatic rings. The standard InChI is InChI=1S/C63H110NO8P/c1-3-5-7-9-11-13-15-17-19-21-23-24-25-26-27-28-29-30-31-32-33-34-35-36-38-40-42-44-46-48-50-52-54-56-63(66)72-61(60-71-73(67,68)70-58-57-64)59-69-62(65)55-53-51-49-47-45-43-41-39-37-22-20-18-16-14-12-10-8-6-4-2/h5,7,11-14,17-20,23-24,26-27,29-30,61H,3-4,6,8-10,15-16,21-22,25,28,31-60,64H2,1-2H3,(H,67,68)/b7-5-,13-11-,14-12-,19-17-,20-18-,24-23-,27-26-,30-29-. The van der Waals surface area contributed by atoms with E-state index in [4.69, 9.17) is 24.3 Å². The molecule has 9 nitrogen and oxygen atoms in total. The Hall–Kier alpha value is -3.07. The number of esters is 2. The van der Waals surface area contributed by atoms with Crippen molar-refractivity contribution >= 4 is 19.8 Å². The first-order chi connectivity index (χ1) is 35.8. The average molecular weight is 1040 g/mol. The zero-order valence-electron chi connectivity index (χ0n) is 46.8. The molecule has 0 radical (unpaired) electrons. The van der Waals surface area contributed by atoms with E-state index in [1.165, 1.54) is 128 Å². The summed E-state index contributed by atoms with van der Waals surface area (Å²) in [4.78, 5) is 35.2. The number of nitrogens with two attached hydrogens (primary N) is 1. The Morgan fingerprint density at radius 1 is 0.425 bits per heavy atom. The Bertz CT molecular complexity index is 1510. The van der Waals surface area contributed by atoms with Crippen molar-refractivity contribution in [1.29, 1.82) is 0 Å². The lowest BCUT2D eigenvalue weighted by Gasteiger charge is -2.19. The number of hydrogen-bond acceptors (Lipinski definition) is 8. The lowest BCUT2D eigenvalue weighted by Crippen LogP contribution is -2.29. The molecule has 0 rings (SSSR count). The number of unbranched alkanes of at least 4 members (excludes halogenated alkanes) is 26. The van der Waals surface area contributed by atoms with Crippen molar-refractivity contribution in [2.75, 3.05) is 26.4 Å². The molecule has 73 heavy (non-hydrogen) atoms. The van der Waals surface area contributed by atoms with Gasteiger partial charge < -0.3 is 20.1 Å². The Labute approximate surface area is 448 Å². The van der Waals surface area contributed by atoms with Crippen LogP contribution < -0.4 is 5.73 Å². The third kappa shape index (κ3) is 58.1. The number of carbonyl (C=O) groups is 2. The summed E-state index contributed by atoms with van der Waals surface area (Å²) in [5.74, 6) is -0.831. The maximum atomic E-state index is 12.7. The van der Waals surface area contributed by atoms with E-state index < -0.39 is 26.5 Å². The van der Waals surface area contributed by atoms with Gasteiger partial charge in [-0.25, -0.2) is 4.57 Å². The van der Waals surface area contributed by atoms with E-state index in [0.29, 0.717) is 6.42 Å². The lowest BCUT2D eigenvalue weighted by atomic mass is 10.0. The van der Waals surface area contributed by atoms with Gasteiger partial charge in [-0.1, -0.05) is 246 Å². The summed E-state index contributed by atoms with van der Waals surface area (Å²) >= 11 is 0. The fraction of sp³-hybridized carbons (Fsp3) is 0.714. The summed E-state index contributed by atoms with van der Waals surface area (Å²) in [5, 5.41) is 0. The molecule has 0 aromatic heterocycles. The third-order valence-electron chi connectivity index (χ3n) is 12.5. The molecule has 0 spiro atoms. The minimum atomic E-state index is -4.39. The summed E-state index contributed by atoms with van der Waals surface area (Å²) in [6.07, 6.45) is 77.5. The number of hydrogen-bond donors (Lipinski definition) is 2. The van der Waals surface area contributed by atoms with Gasteiger partial charge in [-0.15, -0.1) is 0 Å². The Kier molecular flexibility index (Phi) is 55.7. The maximum absolute atomic E-state index is 12.7. The first-order valence-electron chi connectivity index (χ1n) is 29.7. The second kappa shape index (κ2) is 58.2. The van der Waals surface area contributed by atoms with Crippen LogP contribution in [-0.4, -0.2) is 49.3 Å². The van der Waals surface area contributed by atoms with Gasteiger partial charge in [0.05, 0.1) is 13.2 Å². The second-order valence-electron chi connectivity index (χ2n) is 19.5. The maximum Gasteiger partial charge on any atom is 0.472 e. The smallest absolute Gasteiger partial charge is 0.462 e. The van der Waals surface area contributed by atoms with Crippen LogP contribution in [0.2, 0.25) is 0 Å². The van der Waals surface area contributed by atoms with Crippen LogP contribution in [0.3, 0.4) is 0 Å². The Morgan fingerprint density at radius 3 is 1.12 bits per heavy atom. The van der Waals surface area contributed by atoms with E-state index in [9.17, 15) is 19.0 Å². The summed E-state index contributed by atoms with van der Waals surface area (Å²) in [5.41, 5.74) is 5.38. The molecule has 0 heterocycles. The molecule has 0 aliphatic carbocycles. The van der Waals surface area contributed by atoms with Crippen LogP contribution in [0, 0.1) is 0 Å². The molecule has 420 valence electrons. The highest BCUT2D eigenvalue weighted by Crippen LogP contribution is 2.43. The Balaban J connectivity index is 3.95. The molecule has 0 amide bonds. The highest BCUT2D eigenvalue weighted by Gasteiger charge is 2.26. The first kappa shape index (κ1) is 69.9. The molecule has 0 saturated carbocycles. The van der Waals surface area contributed by atoms with Crippen LogP contribution in [0.25, 0.3) is 0 Å². The van der Waals surface area contributed by atoms with E-state index in [1.54, 1.807) is 0 Å². The molecule has 10 heteroatoms. The Morgan fingerprint density at radius 2 is 0.753 bits per heavy atom. The molecule has 0 saturated heterocycles. The lowest BCUT2D eigenvalue weighted by molar-refractivity contribution is -0.161. The summed E-state index contributed by atoms with van der Waals surface area (Å²) in [7, 11) is -4.39. The van der Waals surface area contributed by atoms with Crippen molar-refractivity contribution in [2.45, 2.75) is 264 Å². The van der Waals surface area contributed by atoms with E-state index >= 15 is 0 Å². The van der Waals surface area contributed by atoms with E-state index in [2.05, 4.69) is 111 Å². The molecule has 2 unspecified atom stereocenters. The molecule has 0 fully saturated rings. The van der Waals surface area contributed by atoms with Crippen LogP contribution in [0.5, 0.6) is 0 Å². The number of rotatable bonds is 55. The van der Waals surface area contributed by atoms with Crippen molar-refractivity contribution < 1.29 is 37.6 Å². The van der Waals surface area contributed by atoms with Crippen LogP contribution in [0.15, 0.2) is 97.2 Å². The summed E-state index contributed by atoms with van der Waals surface area (Å²) in [6, 6.07) is 0. The predicted octanol–water partition coefficient (Wildman–Crippen LogP) is 18.8. The number of phosphoric ester groups is 1. The quantitative estimate of drug-likeness (QED) is 0.0264. The third-order valence-corrected chi connectivity index (χ3v) is 13.4. The zero-order chi connectivity index (χ0) is 53.1. The van der Waals surface area contributed by atoms with Crippen molar-refractivity contribution in [2.24, 2.45) is 5.73 Å². The first-order valence-corrected chi connectivity index (χ1v) is 31.2. The number of ether oxygens (including phenoxy) is 2. The number of phosphoric acid groups is 1. The van der Waals surface area contributed by atoms with Gasteiger partial charge in [-0.3, -0.25) is 18.6 Å². The highest BCUT2D eigenvalue weighted by molar-refractivity contribution is 7.47. The molecule has 0 aliphatic heterocycles. The highest BCUT2D eigenvalue weighted by atomic mass is 31.2. The largest absolute Gasteiger partial charge is 0.472 e. The monoisotopic (exact) mass is 1040 g/mol. The van der Waals surface area contributed by atoms with Crippen LogP contribution >= 0.6 is 7.82 Å². The zero-order valence-corrected chi connectivity index (χ0v) is 47.7. The topological polar surface area (TPSA) is 134 Å². The van der Waals surface area contributed by atoms with Crippen LogP contribution in [-0.2, 0) is 32.7 Å². The van der Waals surface area contributed by atoms with Gasteiger partial charge >= 0.3 is 19.8 Å². The van der Waals surface area contributed by atoms with Gasteiger partial charge in [0, 0.05) is 19.4 Å². The number of carbonyl (C=O) groups excluding carboxylic acids is 2. The molecule has 2 atom stereocenters. The molecule has 0 aromatic carbocycles. The molecular formula is C63H110NO8P. The van der Waals surface area contributed by atoms with Crippen molar-refractivity contribution in [3.05, 3.63) is 97.2 Å². The van der Waals surface area contributed by atoms with E-state index in [0.717, 1.165) is 96.3 Å². The van der Waals surface area contributed by atoms with Gasteiger partial charge in [0.25, 0.3) is 0 Å². The van der Waals surface area contributed by atoms with Gasteiger partial charge in [0.15, 0.2) is 6.10 Å². The minimum absolute atomic E-state index is 0.0496. The van der Waals surface area contributed by atoms with Gasteiger partial charge in [0.1, 0.15) is 6.61 Å². The van der Waals surface area contributed by atoms with E-state index in [1.807, 2.05) is 0 Å². The molecule has 0 bridgehead atoms. The normalized spacial score (nSPS) is 13.8. The average Bonchev–Trinajstić information content (AvgIpc) is 3.38. The molecule has 3 N–H and O–H groups in total. The minimum Gasteiger partial charge on any atom is -0.462 e. The fourth-order valence-corrected chi connectivity index (χ4v) is 8.85. The number of allylic oxidation sites excluding steroid dienone is 16. The SMILES string of the molecule is CC/C=C\C/C=C\C/C=C\C/C=C\C/C=C\C/C=C\CCCCCCCCCCCCCCCCC(=O)OC(COC(=O)CCCCCCCCCCC/C=C\C/C=C\CCCCC)COP(=O)(O)OCCN. The van der Waals surface area contributed by atoms with Crippen LogP contribution in [0.1, 0.15) is 258 Å². The second-order valence-corrected chi connectivity index (χ2v) is 20.9. The van der Waals surface area contributed by atoms with E-state index in [-0.39, 0.29) is 38.6 Å². The summed E-state index contributed by atoms with van der Waals surface area (Å²) < 4.78 is 33.0. The predicted molar refractivity (Wildman–Crippen MR) is 312 cm³/mol. The fourth-order valence-electron chi connectivity index (χ4n) is 8.08. The van der Waals surface area contributed by atoms with Crippen molar-refractivity contribution in [1.82, 2.24) is 0 Å². The van der Waals surface area contributed by atoms with Crippen molar-refractivity contribution in [3.8, 4) is 0 Å². The van der Waals surface area contributed by atoms with Crippen molar-refractivity contribution in [3.63, 3.8) is 0 Å². The van der Waals surface area contributed by atoms with Gasteiger partial charge in [0.2, 0.25) is 0 Å². The van der Waals surface area contributed by atoms with Gasteiger partial charge in [-0.2, -0.15) is 0 Å². The van der Waals surface area contributed by atoms with Crippen LogP contribution in [0.4, 0.5) is 0 Å². The molecular weight excluding hydrogens is 930 g/mol. The molecule has 0 aliphatic rings. The summed E-state index contributed by atoms with van der Waals surface area (Å²) in [6.45, 7) is 3.61. The van der Waals surface area contributed by atoms with Gasteiger partial charge in [-0.05, 0) is 96.3 Å².